The van der Waals surface area contributed by atoms with Crippen LogP contribution >= 0.6 is 0 Å². The molecule has 26 heavy (non-hydrogen) atoms. The zero-order valence-electron chi connectivity index (χ0n) is 16.8. The number of nitrogens with one attached hydrogen (secondary N) is 3. The van der Waals surface area contributed by atoms with E-state index >= 15 is 0 Å². The molecular formula is C20H38N3O3+. The summed E-state index contributed by atoms with van der Waals surface area (Å²) in [6.45, 7) is 11.7. The molecule has 2 amide bonds. The van der Waals surface area contributed by atoms with Crippen molar-refractivity contribution in [1.29, 1.82) is 0 Å². The SMILES string of the molecule is CC1CCC(C(=O)N[C@@H](C(=O)NCCC[NH+]2CCOCC2)C(C)C)CC1. The largest absolute Gasteiger partial charge is 0.370 e. The Morgan fingerprint density at radius 1 is 1.12 bits per heavy atom. The minimum atomic E-state index is -0.433. The average molecular weight is 369 g/mol. The molecule has 0 unspecified atom stereocenters. The van der Waals surface area contributed by atoms with Crippen LogP contribution in [0.3, 0.4) is 0 Å². The van der Waals surface area contributed by atoms with Crippen LogP contribution < -0.4 is 15.5 Å². The van der Waals surface area contributed by atoms with E-state index in [1.54, 1.807) is 4.90 Å². The molecular weight excluding hydrogens is 330 g/mol. The summed E-state index contributed by atoms with van der Waals surface area (Å²) in [5.74, 6) is 0.895. The molecule has 6 nitrogen and oxygen atoms in total. The van der Waals surface area contributed by atoms with E-state index in [2.05, 4.69) is 17.6 Å². The summed E-state index contributed by atoms with van der Waals surface area (Å²) in [4.78, 5) is 26.7. The Balaban J connectivity index is 1.71. The molecule has 2 rings (SSSR count). The molecule has 1 aliphatic heterocycles. The van der Waals surface area contributed by atoms with Crippen LogP contribution in [0.1, 0.15) is 52.9 Å². The molecule has 0 aromatic heterocycles. The molecule has 0 radical (unpaired) electrons. The van der Waals surface area contributed by atoms with Gasteiger partial charge < -0.3 is 20.3 Å². The van der Waals surface area contributed by atoms with E-state index in [9.17, 15) is 9.59 Å². The first-order chi connectivity index (χ1) is 12.5. The number of carbonyl (C=O) groups is 2. The lowest BCUT2D eigenvalue weighted by molar-refractivity contribution is -0.908. The van der Waals surface area contributed by atoms with E-state index in [1.807, 2.05) is 13.8 Å². The number of quaternary nitrogens is 1. The molecule has 0 bridgehead atoms. The first kappa shape index (κ1) is 21.2. The normalized spacial score (nSPS) is 25.7. The molecule has 6 heteroatoms. The number of hydrogen-bond acceptors (Lipinski definition) is 3. The second-order valence-electron chi connectivity index (χ2n) is 8.44. The number of rotatable bonds is 8. The van der Waals surface area contributed by atoms with Crippen molar-refractivity contribution in [2.45, 2.75) is 58.9 Å². The summed E-state index contributed by atoms with van der Waals surface area (Å²) in [6.07, 6.45) is 5.07. The van der Waals surface area contributed by atoms with Crippen molar-refractivity contribution in [3.05, 3.63) is 0 Å². The Hall–Kier alpha value is -1.14. The topological polar surface area (TPSA) is 71.9 Å². The van der Waals surface area contributed by atoms with Crippen LogP contribution in [0.25, 0.3) is 0 Å². The molecule has 2 fully saturated rings. The van der Waals surface area contributed by atoms with Gasteiger partial charge in [0.15, 0.2) is 0 Å². The highest BCUT2D eigenvalue weighted by Crippen LogP contribution is 2.28. The zero-order valence-corrected chi connectivity index (χ0v) is 16.8. The summed E-state index contributed by atoms with van der Waals surface area (Å²) < 4.78 is 5.36. The summed E-state index contributed by atoms with van der Waals surface area (Å²) in [5, 5.41) is 6.04. The number of amides is 2. The molecule has 0 aromatic rings. The fraction of sp³-hybridized carbons (Fsp3) is 0.900. The van der Waals surface area contributed by atoms with Crippen molar-refractivity contribution >= 4 is 11.8 Å². The molecule has 1 atom stereocenters. The Morgan fingerprint density at radius 3 is 2.38 bits per heavy atom. The van der Waals surface area contributed by atoms with Crippen LogP contribution in [-0.2, 0) is 14.3 Å². The van der Waals surface area contributed by atoms with Gasteiger partial charge >= 0.3 is 0 Å². The van der Waals surface area contributed by atoms with E-state index in [4.69, 9.17) is 4.74 Å². The third-order valence-corrected chi connectivity index (χ3v) is 5.84. The van der Waals surface area contributed by atoms with E-state index in [1.165, 1.54) is 0 Å². The third-order valence-electron chi connectivity index (χ3n) is 5.84. The summed E-state index contributed by atoms with van der Waals surface area (Å²) >= 11 is 0. The van der Waals surface area contributed by atoms with Gasteiger partial charge in [0.25, 0.3) is 0 Å². The standard InChI is InChI=1S/C20H37N3O3/c1-15(2)18(22-19(24)17-7-5-16(3)6-8-17)20(25)21-9-4-10-23-11-13-26-14-12-23/h15-18H,4-14H2,1-3H3,(H,21,25)(H,22,24)/p+1/t16?,17?,18-/m1/s1. The van der Waals surface area contributed by atoms with Gasteiger partial charge in [-0.3, -0.25) is 9.59 Å². The van der Waals surface area contributed by atoms with Gasteiger partial charge in [0.1, 0.15) is 19.1 Å². The molecule has 0 aromatic carbocycles. The van der Waals surface area contributed by atoms with E-state index in [0.29, 0.717) is 6.54 Å². The Bertz CT molecular complexity index is 442. The quantitative estimate of drug-likeness (QED) is 0.542. The first-order valence-corrected chi connectivity index (χ1v) is 10.5. The minimum Gasteiger partial charge on any atom is -0.370 e. The lowest BCUT2D eigenvalue weighted by Crippen LogP contribution is -3.14. The highest BCUT2D eigenvalue weighted by Gasteiger charge is 2.29. The van der Waals surface area contributed by atoms with E-state index < -0.39 is 6.04 Å². The van der Waals surface area contributed by atoms with Crippen LogP contribution in [0.2, 0.25) is 0 Å². The van der Waals surface area contributed by atoms with Crippen LogP contribution in [0, 0.1) is 17.8 Å². The zero-order chi connectivity index (χ0) is 18.9. The fourth-order valence-electron chi connectivity index (χ4n) is 3.90. The lowest BCUT2D eigenvalue weighted by Gasteiger charge is -2.28. The molecule has 1 heterocycles. The van der Waals surface area contributed by atoms with E-state index in [-0.39, 0.29) is 23.7 Å². The number of ether oxygens (including phenoxy) is 1. The summed E-state index contributed by atoms with van der Waals surface area (Å²) in [7, 11) is 0. The molecule has 3 N–H and O–H groups in total. The third kappa shape index (κ3) is 6.88. The van der Waals surface area contributed by atoms with Crippen molar-refractivity contribution < 1.29 is 19.2 Å². The van der Waals surface area contributed by atoms with Crippen LogP contribution in [0.5, 0.6) is 0 Å². The van der Waals surface area contributed by atoms with Gasteiger partial charge in [-0.1, -0.05) is 20.8 Å². The van der Waals surface area contributed by atoms with Gasteiger partial charge in [0.2, 0.25) is 11.8 Å². The van der Waals surface area contributed by atoms with Crippen molar-refractivity contribution in [1.82, 2.24) is 10.6 Å². The first-order valence-electron chi connectivity index (χ1n) is 10.5. The van der Waals surface area contributed by atoms with E-state index in [0.717, 1.165) is 70.9 Å². The molecule has 150 valence electrons. The van der Waals surface area contributed by atoms with Crippen molar-refractivity contribution in [3.63, 3.8) is 0 Å². The van der Waals surface area contributed by atoms with Gasteiger partial charge in [0, 0.05) is 18.9 Å². The van der Waals surface area contributed by atoms with Crippen molar-refractivity contribution in [3.8, 4) is 0 Å². The summed E-state index contributed by atoms with van der Waals surface area (Å²) in [5.41, 5.74) is 0. The molecule has 2 aliphatic rings. The van der Waals surface area contributed by atoms with Gasteiger partial charge in [-0.15, -0.1) is 0 Å². The van der Waals surface area contributed by atoms with Crippen LogP contribution in [-0.4, -0.2) is 57.2 Å². The average Bonchev–Trinajstić information content (AvgIpc) is 2.64. The maximum absolute atomic E-state index is 12.6. The fourth-order valence-corrected chi connectivity index (χ4v) is 3.90. The smallest absolute Gasteiger partial charge is 0.242 e. The lowest BCUT2D eigenvalue weighted by atomic mass is 9.82. The van der Waals surface area contributed by atoms with Gasteiger partial charge in [0.05, 0.1) is 19.8 Å². The summed E-state index contributed by atoms with van der Waals surface area (Å²) in [6, 6.07) is -0.433. The number of morpholine rings is 1. The molecule has 0 spiro atoms. The maximum Gasteiger partial charge on any atom is 0.242 e. The molecule has 1 saturated carbocycles. The second-order valence-corrected chi connectivity index (χ2v) is 8.44. The number of hydrogen-bond donors (Lipinski definition) is 3. The van der Waals surface area contributed by atoms with Crippen LogP contribution in [0.4, 0.5) is 0 Å². The predicted octanol–water partition coefficient (Wildman–Crippen LogP) is 0.375. The van der Waals surface area contributed by atoms with Crippen LogP contribution in [0.15, 0.2) is 0 Å². The Morgan fingerprint density at radius 2 is 1.77 bits per heavy atom. The highest BCUT2D eigenvalue weighted by molar-refractivity contribution is 5.88. The molecule has 1 saturated heterocycles. The van der Waals surface area contributed by atoms with Gasteiger partial charge in [-0.25, -0.2) is 0 Å². The second kappa shape index (κ2) is 10.9. The van der Waals surface area contributed by atoms with Crippen molar-refractivity contribution in [2.75, 3.05) is 39.4 Å². The predicted molar refractivity (Wildman–Crippen MR) is 102 cm³/mol. The Kier molecular flexibility index (Phi) is 8.85. The van der Waals surface area contributed by atoms with Gasteiger partial charge in [-0.2, -0.15) is 0 Å². The Labute approximate surface area is 158 Å². The van der Waals surface area contributed by atoms with Crippen molar-refractivity contribution in [2.24, 2.45) is 17.8 Å². The number of carbonyl (C=O) groups excluding carboxylic acids is 2. The monoisotopic (exact) mass is 368 g/mol. The minimum absolute atomic E-state index is 0.0468. The molecule has 1 aliphatic carbocycles. The maximum atomic E-state index is 12.6. The highest BCUT2D eigenvalue weighted by atomic mass is 16.5. The van der Waals surface area contributed by atoms with Gasteiger partial charge in [-0.05, 0) is 37.5 Å².